The summed E-state index contributed by atoms with van der Waals surface area (Å²) < 4.78 is 13.5. The first-order valence-electron chi connectivity index (χ1n) is 7.28. The molecule has 1 aromatic carbocycles. The summed E-state index contributed by atoms with van der Waals surface area (Å²) in [5.74, 6) is 1.01. The zero-order chi connectivity index (χ0) is 13.8. The molecule has 1 aliphatic rings. The lowest BCUT2D eigenvalue weighted by atomic mass is 9.76. The minimum absolute atomic E-state index is 0.302. The van der Waals surface area contributed by atoms with Gasteiger partial charge in [-0.05, 0) is 55.7 Å². The molecule has 1 N–H and O–H groups in total. The van der Waals surface area contributed by atoms with Crippen molar-refractivity contribution in [2.45, 2.75) is 45.6 Å². The molecule has 3 atom stereocenters. The predicted molar refractivity (Wildman–Crippen MR) is 79.1 cm³/mol. The largest absolute Gasteiger partial charge is 0.314 e. The molecule has 0 spiro atoms. The highest BCUT2D eigenvalue weighted by Crippen LogP contribution is 2.33. The molecule has 0 bridgehead atoms. The minimum Gasteiger partial charge on any atom is -0.314 e. The molecule has 1 aliphatic carbocycles. The quantitative estimate of drug-likeness (QED) is 0.862. The Balaban J connectivity index is 2.11. The summed E-state index contributed by atoms with van der Waals surface area (Å²) in [6.07, 6.45) is 4.57. The molecular weight excluding hydrogens is 261 g/mol. The van der Waals surface area contributed by atoms with Gasteiger partial charge in [-0.2, -0.15) is 0 Å². The number of hydrogen-bond acceptors (Lipinski definition) is 1. The molecular formula is C16H23ClFN. The number of halogens is 2. The first-order chi connectivity index (χ1) is 9.11. The lowest BCUT2D eigenvalue weighted by molar-refractivity contribution is 0.214. The van der Waals surface area contributed by atoms with Gasteiger partial charge in [-0.3, -0.25) is 0 Å². The third-order valence-corrected chi connectivity index (χ3v) is 4.65. The van der Waals surface area contributed by atoms with Gasteiger partial charge in [-0.15, -0.1) is 0 Å². The zero-order valence-corrected chi connectivity index (χ0v) is 12.5. The van der Waals surface area contributed by atoms with E-state index >= 15 is 0 Å². The third kappa shape index (κ3) is 3.70. The van der Waals surface area contributed by atoms with Crippen LogP contribution in [0.1, 0.15) is 38.7 Å². The second kappa shape index (κ2) is 6.71. The van der Waals surface area contributed by atoms with E-state index in [0.717, 1.165) is 24.4 Å². The normalized spacial score (nSPS) is 27.5. The highest BCUT2D eigenvalue weighted by Gasteiger charge is 2.28. The van der Waals surface area contributed by atoms with Crippen molar-refractivity contribution >= 4 is 11.6 Å². The van der Waals surface area contributed by atoms with Crippen LogP contribution in [0, 0.1) is 17.7 Å². The highest BCUT2D eigenvalue weighted by atomic mass is 35.5. The van der Waals surface area contributed by atoms with Gasteiger partial charge >= 0.3 is 0 Å². The van der Waals surface area contributed by atoms with E-state index in [9.17, 15) is 4.39 Å². The SMILES string of the molecule is CCNC1CCC(C)CC1Cc1cccc(F)c1Cl. The molecule has 1 saturated carbocycles. The van der Waals surface area contributed by atoms with E-state index in [2.05, 4.69) is 19.2 Å². The van der Waals surface area contributed by atoms with Gasteiger partial charge in [0.2, 0.25) is 0 Å². The zero-order valence-electron chi connectivity index (χ0n) is 11.8. The van der Waals surface area contributed by atoms with Crippen molar-refractivity contribution in [1.82, 2.24) is 5.32 Å². The Bertz CT molecular complexity index is 421. The smallest absolute Gasteiger partial charge is 0.142 e. The molecule has 0 radical (unpaired) electrons. The monoisotopic (exact) mass is 283 g/mol. The Labute approximate surface area is 120 Å². The summed E-state index contributed by atoms with van der Waals surface area (Å²) in [6, 6.07) is 5.68. The van der Waals surface area contributed by atoms with Crippen LogP contribution < -0.4 is 5.32 Å². The summed E-state index contributed by atoms with van der Waals surface area (Å²) in [5, 5.41) is 3.87. The Morgan fingerprint density at radius 3 is 2.89 bits per heavy atom. The van der Waals surface area contributed by atoms with Crippen molar-refractivity contribution < 1.29 is 4.39 Å². The Morgan fingerprint density at radius 2 is 2.16 bits per heavy atom. The third-order valence-electron chi connectivity index (χ3n) is 4.22. The van der Waals surface area contributed by atoms with Crippen LogP contribution in [-0.2, 0) is 6.42 Å². The number of nitrogens with one attached hydrogen (secondary N) is 1. The van der Waals surface area contributed by atoms with E-state index < -0.39 is 0 Å². The van der Waals surface area contributed by atoms with Gasteiger partial charge < -0.3 is 5.32 Å². The van der Waals surface area contributed by atoms with Crippen molar-refractivity contribution in [3.05, 3.63) is 34.6 Å². The van der Waals surface area contributed by atoms with Crippen molar-refractivity contribution in [2.75, 3.05) is 6.54 Å². The van der Waals surface area contributed by atoms with Gasteiger partial charge in [-0.25, -0.2) is 4.39 Å². The average molecular weight is 284 g/mol. The highest BCUT2D eigenvalue weighted by molar-refractivity contribution is 6.31. The van der Waals surface area contributed by atoms with E-state index in [1.165, 1.54) is 25.3 Å². The van der Waals surface area contributed by atoms with Crippen molar-refractivity contribution in [3.8, 4) is 0 Å². The average Bonchev–Trinajstić information content (AvgIpc) is 2.38. The first kappa shape index (κ1) is 14.8. The fourth-order valence-corrected chi connectivity index (χ4v) is 3.45. The van der Waals surface area contributed by atoms with Crippen LogP contribution >= 0.6 is 11.6 Å². The van der Waals surface area contributed by atoms with Gasteiger partial charge in [0.05, 0.1) is 5.02 Å². The van der Waals surface area contributed by atoms with Gasteiger partial charge in [0.15, 0.2) is 0 Å². The fraction of sp³-hybridized carbons (Fsp3) is 0.625. The Hall–Kier alpha value is -0.600. The van der Waals surface area contributed by atoms with Crippen LogP contribution in [0.15, 0.2) is 18.2 Å². The lowest BCUT2D eigenvalue weighted by Crippen LogP contribution is -2.41. The van der Waals surface area contributed by atoms with Crippen LogP contribution in [0.3, 0.4) is 0 Å². The first-order valence-corrected chi connectivity index (χ1v) is 7.65. The van der Waals surface area contributed by atoms with E-state index in [1.807, 2.05) is 6.07 Å². The number of rotatable bonds is 4. The molecule has 3 unspecified atom stereocenters. The molecule has 106 valence electrons. The molecule has 1 aromatic rings. The van der Waals surface area contributed by atoms with Crippen LogP contribution in [0.5, 0.6) is 0 Å². The molecule has 19 heavy (non-hydrogen) atoms. The maximum atomic E-state index is 13.5. The maximum absolute atomic E-state index is 13.5. The molecule has 0 heterocycles. The van der Waals surface area contributed by atoms with Crippen LogP contribution in [-0.4, -0.2) is 12.6 Å². The van der Waals surface area contributed by atoms with Gasteiger partial charge in [0.1, 0.15) is 5.82 Å². The summed E-state index contributed by atoms with van der Waals surface area (Å²) in [4.78, 5) is 0. The van der Waals surface area contributed by atoms with Gasteiger partial charge in [0.25, 0.3) is 0 Å². The van der Waals surface area contributed by atoms with E-state index in [-0.39, 0.29) is 5.82 Å². The molecule has 1 nitrogen and oxygen atoms in total. The molecule has 0 aromatic heterocycles. The molecule has 1 fully saturated rings. The van der Waals surface area contributed by atoms with Crippen LogP contribution in [0.4, 0.5) is 4.39 Å². The van der Waals surface area contributed by atoms with Crippen molar-refractivity contribution in [2.24, 2.45) is 11.8 Å². The van der Waals surface area contributed by atoms with Gasteiger partial charge in [0, 0.05) is 6.04 Å². The lowest BCUT2D eigenvalue weighted by Gasteiger charge is -2.35. The summed E-state index contributed by atoms with van der Waals surface area (Å²) >= 11 is 6.08. The molecule has 0 amide bonds. The predicted octanol–water partition coefficient (Wildman–Crippen LogP) is 4.44. The maximum Gasteiger partial charge on any atom is 0.142 e. The van der Waals surface area contributed by atoms with Crippen molar-refractivity contribution in [1.29, 1.82) is 0 Å². The van der Waals surface area contributed by atoms with E-state index in [0.29, 0.717) is 17.0 Å². The number of hydrogen-bond donors (Lipinski definition) is 1. The van der Waals surface area contributed by atoms with E-state index in [1.54, 1.807) is 6.07 Å². The van der Waals surface area contributed by atoms with Crippen LogP contribution in [0.2, 0.25) is 5.02 Å². The van der Waals surface area contributed by atoms with Gasteiger partial charge in [-0.1, -0.05) is 37.6 Å². The summed E-state index contributed by atoms with van der Waals surface area (Å²) in [7, 11) is 0. The summed E-state index contributed by atoms with van der Waals surface area (Å²) in [5.41, 5.74) is 0.948. The van der Waals surface area contributed by atoms with E-state index in [4.69, 9.17) is 11.6 Å². The second-order valence-electron chi connectivity index (χ2n) is 5.76. The molecule has 3 heteroatoms. The Morgan fingerprint density at radius 1 is 1.37 bits per heavy atom. The molecule has 0 saturated heterocycles. The second-order valence-corrected chi connectivity index (χ2v) is 6.14. The molecule has 2 rings (SSSR count). The fourth-order valence-electron chi connectivity index (χ4n) is 3.24. The minimum atomic E-state index is -0.303. The summed E-state index contributed by atoms with van der Waals surface area (Å²) in [6.45, 7) is 5.44. The Kier molecular flexibility index (Phi) is 5.23. The molecule has 0 aliphatic heterocycles. The van der Waals surface area contributed by atoms with Crippen molar-refractivity contribution in [3.63, 3.8) is 0 Å². The standard InChI is InChI=1S/C16H23ClFN/c1-3-19-15-8-7-11(2)9-13(15)10-12-5-4-6-14(18)16(12)17/h4-6,11,13,15,19H,3,7-10H2,1-2H3. The topological polar surface area (TPSA) is 12.0 Å². The number of benzene rings is 1. The van der Waals surface area contributed by atoms with Crippen LogP contribution in [0.25, 0.3) is 0 Å².